The number of allylic oxidation sites excluding steroid dienone is 1. The second-order valence-corrected chi connectivity index (χ2v) is 4.15. The van der Waals surface area contributed by atoms with Gasteiger partial charge in [0.05, 0.1) is 6.61 Å². The molecular weight excluding hydrogens is 256 g/mol. The fourth-order valence-electron chi connectivity index (χ4n) is 1.86. The van der Waals surface area contributed by atoms with Crippen LogP contribution in [-0.4, -0.2) is 15.7 Å². The van der Waals surface area contributed by atoms with Crippen molar-refractivity contribution in [3.8, 4) is 11.4 Å². The summed E-state index contributed by atoms with van der Waals surface area (Å²) >= 11 is 0. The van der Waals surface area contributed by atoms with Crippen molar-refractivity contribution in [1.82, 2.24) is 9.13 Å². The van der Waals surface area contributed by atoms with Crippen molar-refractivity contribution >= 4 is 0 Å². The molecule has 2 rings (SSSR count). The van der Waals surface area contributed by atoms with Gasteiger partial charge in [-0.25, -0.2) is 0 Å². The van der Waals surface area contributed by atoms with Crippen LogP contribution in [0.15, 0.2) is 58.9 Å². The molecule has 0 bridgehead atoms. The van der Waals surface area contributed by atoms with Crippen LogP contribution >= 0.6 is 0 Å². The Kier molecular flexibility index (Phi) is 4.20. The molecule has 0 saturated heterocycles. The quantitative estimate of drug-likeness (QED) is 0.613. The zero-order valence-electron chi connectivity index (χ0n) is 11.3. The van der Waals surface area contributed by atoms with Gasteiger partial charge in [-0.15, -0.1) is 6.58 Å². The molecule has 0 aliphatic rings. The van der Waals surface area contributed by atoms with E-state index in [2.05, 4.69) is 6.58 Å². The Balaban J connectivity index is 2.43. The van der Waals surface area contributed by atoms with Gasteiger partial charge in [-0.2, -0.15) is 0 Å². The molecule has 0 atom stereocenters. The normalized spacial score (nSPS) is 10.2. The molecule has 1 heterocycles. The molecule has 20 heavy (non-hydrogen) atoms. The van der Waals surface area contributed by atoms with E-state index >= 15 is 0 Å². The summed E-state index contributed by atoms with van der Waals surface area (Å²) in [4.78, 5) is 23.9. The molecule has 5 nitrogen and oxygen atoms in total. The smallest absolute Gasteiger partial charge is 0.320 e. The summed E-state index contributed by atoms with van der Waals surface area (Å²) in [6, 6.07) is 7.01. The highest BCUT2D eigenvalue weighted by Gasteiger charge is 2.06. The number of hydrogen-bond donors (Lipinski definition) is 0. The molecule has 2 aromatic rings. The number of ether oxygens (including phenoxy) is 1. The predicted molar refractivity (Wildman–Crippen MR) is 77.7 cm³/mol. The molecule has 5 heteroatoms. The predicted octanol–water partition coefficient (Wildman–Crippen LogP) is 1.58. The average Bonchev–Trinajstić information content (AvgIpc) is 2.46. The molecule has 0 N–H and O–H groups in total. The van der Waals surface area contributed by atoms with Gasteiger partial charge >= 0.3 is 11.1 Å². The van der Waals surface area contributed by atoms with Gasteiger partial charge < -0.3 is 9.30 Å². The van der Waals surface area contributed by atoms with Gasteiger partial charge in [0.15, 0.2) is 0 Å². The summed E-state index contributed by atoms with van der Waals surface area (Å²) in [7, 11) is 0. The van der Waals surface area contributed by atoms with E-state index in [1.54, 1.807) is 42.7 Å². The van der Waals surface area contributed by atoms with Crippen LogP contribution < -0.4 is 15.9 Å². The van der Waals surface area contributed by atoms with Crippen LogP contribution in [0.1, 0.15) is 6.92 Å². The lowest BCUT2D eigenvalue weighted by Gasteiger charge is -2.08. The number of aromatic nitrogens is 2. The number of hydrogen-bond acceptors (Lipinski definition) is 3. The Morgan fingerprint density at radius 3 is 2.45 bits per heavy atom. The highest BCUT2D eigenvalue weighted by Crippen LogP contribution is 2.13. The van der Waals surface area contributed by atoms with E-state index in [1.807, 2.05) is 6.92 Å². The Hall–Kier alpha value is -2.56. The highest BCUT2D eigenvalue weighted by molar-refractivity contribution is 5.37. The van der Waals surface area contributed by atoms with Crippen molar-refractivity contribution in [3.05, 3.63) is 70.0 Å². The van der Waals surface area contributed by atoms with Crippen molar-refractivity contribution in [2.45, 2.75) is 13.5 Å². The third kappa shape index (κ3) is 2.71. The summed E-state index contributed by atoms with van der Waals surface area (Å²) in [5.41, 5.74) is -0.527. The van der Waals surface area contributed by atoms with Gasteiger partial charge in [-0.1, -0.05) is 6.08 Å². The van der Waals surface area contributed by atoms with E-state index in [1.165, 1.54) is 9.13 Å². The minimum Gasteiger partial charge on any atom is -0.494 e. The second kappa shape index (κ2) is 6.06. The molecule has 104 valence electrons. The lowest BCUT2D eigenvalue weighted by molar-refractivity contribution is 0.340. The lowest BCUT2D eigenvalue weighted by Crippen LogP contribution is -2.39. The van der Waals surface area contributed by atoms with Crippen molar-refractivity contribution < 1.29 is 4.74 Å². The van der Waals surface area contributed by atoms with Gasteiger partial charge in [0.25, 0.3) is 0 Å². The number of rotatable bonds is 5. The van der Waals surface area contributed by atoms with Crippen molar-refractivity contribution in [1.29, 1.82) is 0 Å². The molecule has 0 saturated carbocycles. The number of nitrogens with zero attached hydrogens (tertiary/aromatic N) is 2. The Morgan fingerprint density at radius 1 is 1.15 bits per heavy atom. The van der Waals surface area contributed by atoms with Gasteiger partial charge in [-0.05, 0) is 31.2 Å². The van der Waals surface area contributed by atoms with Crippen LogP contribution in [0.25, 0.3) is 5.69 Å². The lowest BCUT2D eigenvalue weighted by atomic mass is 10.3. The molecule has 0 spiro atoms. The maximum atomic E-state index is 12.0. The van der Waals surface area contributed by atoms with Crippen molar-refractivity contribution in [2.24, 2.45) is 0 Å². The largest absolute Gasteiger partial charge is 0.494 e. The van der Waals surface area contributed by atoms with Crippen LogP contribution in [0, 0.1) is 0 Å². The van der Waals surface area contributed by atoms with Crippen LogP contribution in [0.3, 0.4) is 0 Å². The third-order valence-electron chi connectivity index (χ3n) is 2.81. The van der Waals surface area contributed by atoms with Crippen LogP contribution in [0.4, 0.5) is 0 Å². The molecule has 0 aliphatic carbocycles. The van der Waals surface area contributed by atoms with Gasteiger partial charge in [0, 0.05) is 24.6 Å². The summed E-state index contributed by atoms with van der Waals surface area (Å²) in [5, 5.41) is 0. The van der Waals surface area contributed by atoms with Crippen molar-refractivity contribution in [3.63, 3.8) is 0 Å². The minimum atomic E-state index is -0.585. The third-order valence-corrected chi connectivity index (χ3v) is 2.81. The fraction of sp³-hybridized carbons (Fsp3) is 0.200. The second-order valence-electron chi connectivity index (χ2n) is 4.15. The molecular formula is C15H16N2O3. The summed E-state index contributed by atoms with van der Waals surface area (Å²) < 4.78 is 7.97. The molecule has 0 unspecified atom stereocenters. The average molecular weight is 272 g/mol. The van der Waals surface area contributed by atoms with E-state index in [4.69, 9.17) is 4.74 Å². The van der Waals surface area contributed by atoms with Crippen LogP contribution in [-0.2, 0) is 6.54 Å². The van der Waals surface area contributed by atoms with Gasteiger partial charge in [-0.3, -0.25) is 14.2 Å². The topological polar surface area (TPSA) is 53.2 Å². The van der Waals surface area contributed by atoms with Crippen LogP contribution in [0.5, 0.6) is 5.75 Å². The van der Waals surface area contributed by atoms with Gasteiger partial charge in [0.1, 0.15) is 5.75 Å². The molecule has 1 aromatic carbocycles. The maximum Gasteiger partial charge on any atom is 0.320 e. The van der Waals surface area contributed by atoms with E-state index in [0.717, 1.165) is 5.75 Å². The summed E-state index contributed by atoms with van der Waals surface area (Å²) in [5.74, 6) is 0.726. The molecule has 0 radical (unpaired) electrons. The SMILES string of the molecule is C=CCn1ccn(-c2ccc(OCC)cc2)c(=O)c1=O. The maximum absolute atomic E-state index is 12.0. The van der Waals surface area contributed by atoms with E-state index < -0.39 is 11.1 Å². The Bertz CT molecular complexity index is 711. The monoisotopic (exact) mass is 272 g/mol. The first-order valence-corrected chi connectivity index (χ1v) is 6.33. The Morgan fingerprint density at radius 2 is 1.85 bits per heavy atom. The Labute approximate surface area is 116 Å². The first kappa shape index (κ1) is 13.9. The standard InChI is InChI=1S/C15H16N2O3/c1-3-9-16-10-11-17(15(19)14(16)18)12-5-7-13(8-6-12)20-4-2/h3,5-8,10-11H,1,4,9H2,2H3. The highest BCUT2D eigenvalue weighted by atomic mass is 16.5. The van der Waals surface area contributed by atoms with E-state index in [9.17, 15) is 9.59 Å². The first-order valence-electron chi connectivity index (χ1n) is 6.33. The molecule has 0 amide bonds. The van der Waals surface area contributed by atoms with E-state index in [0.29, 0.717) is 18.8 Å². The fourth-order valence-corrected chi connectivity index (χ4v) is 1.86. The summed E-state index contributed by atoms with van der Waals surface area (Å²) in [6.45, 7) is 6.35. The summed E-state index contributed by atoms with van der Waals surface area (Å²) in [6.07, 6.45) is 4.72. The van der Waals surface area contributed by atoms with Crippen LogP contribution in [0.2, 0.25) is 0 Å². The zero-order chi connectivity index (χ0) is 14.5. The molecule has 0 fully saturated rings. The molecule has 0 aliphatic heterocycles. The molecule has 1 aromatic heterocycles. The number of benzene rings is 1. The first-order chi connectivity index (χ1) is 9.67. The van der Waals surface area contributed by atoms with Gasteiger partial charge in [0.2, 0.25) is 0 Å². The van der Waals surface area contributed by atoms with E-state index in [-0.39, 0.29) is 0 Å². The minimum absolute atomic E-state index is 0.318. The van der Waals surface area contributed by atoms with Crippen molar-refractivity contribution in [2.75, 3.05) is 6.61 Å². The zero-order valence-corrected chi connectivity index (χ0v) is 11.3.